The van der Waals surface area contributed by atoms with Crippen LogP contribution in [0.4, 0.5) is 0 Å². The summed E-state index contributed by atoms with van der Waals surface area (Å²) in [5.74, 6) is 0. The van der Waals surface area contributed by atoms with Crippen molar-refractivity contribution in [2.45, 2.75) is 0 Å². The fraction of sp³-hybridized carbons (Fsp3) is 0.100. The monoisotopic (exact) mass is 162 g/mol. The molecule has 0 aromatic heterocycles. The molecular weight excluding hydrogens is 152 g/mol. The Balaban J connectivity index is 2.86. The van der Waals surface area contributed by atoms with Crippen LogP contribution in [0.5, 0.6) is 0 Å². The van der Waals surface area contributed by atoms with Gasteiger partial charge in [-0.3, -0.25) is 4.79 Å². The summed E-state index contributed by atoms with van der Waals surface area (Å²) in [5.41, 5.74) is 1.31. The number of aldehydes is 1. The molecule has 0 unspecified atom stereocenters. The number of carbonyl (C=O) groups excluding carboxylic acids is 1. The van der Waals surface area contributed by atoms with Gasteiger partial charge in [-0.25, -0.2) is 0 Å². The Morgan fingerprint density at radius 1 is 1.33 bits per heavy atom. The van der Waals surface area contributed by atoms with Crippen molar-refractivity contribution < 1.29 is 9.90 Å². The lowest BCUT2D eigenvalue weighted by Crippen LogP contribution is -1.90. The summed E-state index contributed by atoms with van der Waals surface area (Å²) in [7, 11) is 0. The van der Waals surface area contributed by atoms with E-state index >= 15 is 0 Å². The van der Waals surface area contributed by atoms with E-state index in [9.17, 15) is 4.79 Å². The summed E-state index contributed by atoms with van der Waals surface area (Å²) >= 11 is 0. The molecule has 0 saturated carbocycles. The molecule has 0 aliphatic rings. The molecule has 1 aromatic rings. The van der Waals surface area contributed by atoms with E-state index in [2.05, 4.69) is 0 Å². The van der Waals surface area contributed by atoms with Crippen LogP contribution in [0.1, 0.15) is 5.56 Å². The van der Waals surface area contributed by atoms with Crippen LogP contribution in [-0.4, -0.2) is 18.0 Å². The highest BCUT2D eigenvalue weighted by molar-refractivity contribution is 5.81. The molecule has 0 fully saturated rings. The van der Waals surface area contributed by atoms with E-state index in [1.54, 1.807) is 6.08 Å². The van der Waals surface area contributed by atoms with Crippen molar-refractivity contribution in [2.24, 2.45) is 0 Å². The predicted molar refractivity (Wildman–Crippen MR) is 47.6 cm³/mol. The largest absolute Gasteiger partial charge is 0.392 e. The first-order valence-electron chi connectivity index (χ1n) is 3.68. The maximum absolute atomic E-state index is 10.3. The van der Waals surface area contributed by atoms with E-state index in [4.69, 9.17) is 5.11 Å². The van der Waals surface area contributed by atoms with E-state index in [1.165, 1.54) is 0 Å². The Kier molecular flexibility index (Phi) is 3.23. The van der Waals surface area contributed by atoms with E-state index in [0.29, 0.717) is 11.9 Å². The summed E-state index contributed by atoms with van der Waals surface area (Å²) in [5, 5.41) is 8.69. The van der Waals surface area contributed by atoms with Crippen molar-refractivity contribution in [1.82, 2.24) is 0 Å². The smallest absolute Gasteiger partial charge is 0.148 e. The maximum atomic E-state index is 10.3. The molecule has 0 saturated heterocycles. The van der Waals surface area contributed by atoms with Crippen LogP contribution in [0.3, 0.4) is 0 Å². The molecule has 0 aliphatic carbocycles. The lowest BCUT2D eigenvalue weighted by molar-refractivity contribution is -0.105. The second-order valence-electron chi connectivity index (χ2n) is 2.41. The highest BCUT2D eigenvalue weighted by Gasteiger charge is 1.91. The Morgan fingerprint density at radius 2 is 2.00 bits per heavy atom. The number of benzene rings is 1. The van der Waals surface area contributed by atoms with E-state index in [1.807, 2.05) is 30.3 Å². The summed E-state index contributed by atoms with van der Waals surface area (Å²) in [6.45, 7) is -0.210. The zero-order chi connectivity index (χ0) is 8.81. The van der Waals surface area contributed by atoms with Crippen molar-refractivity contribution >= 4 is 12.4 Å². The summed E-state index contributed by atoms with van der Waals surface area (Å²) < 4.78 is 0. The van der Waals surface area contributed by atoms with Crippen LogP contribution in [-0.2, 0) is 4.79 Å². The molecule has 0 radical (unpaired) electrons. The molecule has 0 atom stereocenters. The highest BCUT2D eigenvalue weighted by atomic mass is 16.3. The Morgan fingerprint density at radius 3 is 2.50 bits per heavy atom. The summed E-state index contributed by atoms with van der Waals surface area (Å²) in [4.78, 5) is 10.3. The van der Waals surface area contributed by atoms with Gasteiger partial charge < -0.3 is 5.11 Å². The molecule has 0 amide bonds. The standard InChI is InChI=1S/C10H10O2/c11-7-10(8-12)6-9-4-2-1-3-5-9/h1-7,12H,8H2. The lowest BCUT2D eigenvalue weighted by Gasteiger charge is -1.93. The fourth-order valence-electron chi connectivity index (χ4n) is 0.880. The first-order valence-corrected chi connectivity index (χ1v) is 3.68. The molecule has 0 bridgehead atoms. The quantitative estimate of drug-likeness (QED) is 0.536. The average Bonchev–Trinajstić information content (AvgIpc) is 2.16. The van der Waals surface area contributed by atoms with Crippen LogP contribution >= 0.6 is 0 Å². The molecule has 2 heteroatoms. The molecule has 1 N–H and O–H groups in total. The molecule has 1 rings (SSSR count). The van der Waals surface area contributed by atoms with Crippen LogP contribution in [0.15, 0.2) is 35.9 Å². The van der Waals surface area contributed by atoms with Gasteiger partial charge in [0.1, 0.15) is 6.29 Å². The SMILES string of the molecule is O=CC(=Cc1ccccc1)CO. The zero-order valence-corrected chi connectivity index (χ0v) is 6.60. The van der Waals surface area contributed by atoms with Crippen molar-refractivity contribution in [1.29, 1.82) is 0 Å². The maximum Gasteiger partial charge on any atom is 0.148 e. The third-order valence-electron chi connectivity index (χ3n) is 1.49. The number of hydrogen-bond acceptors (Lipinski definition) is 2. The number of carbonyl (C=O) groups is 1. The number of hydrogen-bond donors (Lipinski definition) is 1. The first-order chi connectivity index (χ1) is 5.86. The zero-order valence-electron chi connectivity index (χ0n) is 6.60. The molecule has 1 aromatic carbocycles. The number of aliphatic hydroxyl groups is 1. The minimum Gasteiger partial charge on any atom is -0.392 e. The molecule has 62 valence electrons. The van der Waals surface area contributed by atoms with Crippen molar-refractivity contribution in [3.8, 4) is 0 Å². The number of rotatable bonds is 3. The van der Waals surface area contributed by atoms with Gasteiger partial charge in [-0.2, -0.15) is 0 Å². The van der Waals surface area contributed by atoms with Crippen molar-refractivity contribution in [3.63, 3.8) is 0 Å². The van der Waals surface area contributed by atoms with Gasteiger partial charge in [0.15, 0.2) is 0 Å². The van der Waals surface area contributed by atoms with E-state index < -0.39 is 0 Å². The number of aliphatic hydroxyl groups excluding tert-OH is 1. The van der Waals surface area contributed by atoms with Gasteiger partial charge in [-0.1, -0.05) is 30.3 Å². The molecule has 0 spiro atoms. The van der Waals surface area contributed by atoms with Crippen molar-refractivity contribution in [2.75, 3.05) is 6.61 Å². The average molecular weight is 162 g/mol. The summed E-state index contributed by atoms with van der Waals surface area (Å²) in [6, 6.07) is 9.41. The van der Waals surface area contributed by atoms with Crippen molar-refractivity contribution in [3.05, 3.63) is 41.5 Å². The van der Waals surface area contributed by atoms with E-state index in [0.717, 1.165) is 5.56 Å². The third-order valence-corrected chi connectivity index (χ3v) is 1.49. The first kappa shape index (κ1) is 8.68. The molecule has 2 nitrogen and oxygen atoms in total. The third kappa shape index (κ3) is 2.32. The van der Waals surface area contributed by atoms with Crippen LogP contribution in [0.25, 0.3) is 6.08 Å². The minimum atomic E-state index is -0.210. The molecule has 12 heavy (non-hydrogen) atoms. The van der Waals surface area contributed by atoms with Gasteiger partial charge in [-0.15, -0.1) is 0 Å². The predicted octanol–water partition coefficient (Wildman–Crippen LogP) is 1.26. The van der Waals surface area contributed by atoms with Gasteiger partial charge in [0.25, 0.3) is 0 Å². The van der Waals surface area contributed by atoms with Gasteiger partial charge >= 0.3 is 0 Å². The second kappa shape index (κ2) is 4.46. The van der Waals surface area contributed by atoms with Gasteiger partial charge in [-0.05, 0) is 11.6 Å². The second-order valence-corrected chi connectivity index (χ2v) is 2.41. The lowest BCUT2D eigenvalue weighted by atomic mass is 10.1. The highest BCUT2D eigenvalue weighted by Crippen LogP contribution is 2.03. The molecular formula is C10H10O2. The van der Waals surface area contributed by atoms with E-state index in [-0.39, 0.29) is 6.61 Å². The molecule has 0 aliphatic heterocycles. The Bertz CT molecular complexity index is 275. The topological polar surface area (TPSA) is 37.3 Å². The van der Waals surface area contributed by atoms with Crippen LogP contribution in [0.2, 0.25) is 0 Å². The minimum absolute atomic E-state index is 0.210. The fourth-order valence-corrected chi connectivity index (χ4v) is 0.880. The van der Waals surface area contributed by atoms with Crippen LogP contribution in [0, 0.1) is 0 Å². The van der Waals surface area contributed by atoms with Gasteiger partial charge in [0, 0.05) is 5.57 Å². The molecule has 0 heterocycles. The van der Waals surface area contributed by atoms with Gasteiger partial charge in [0.2, 0.25) is 0 Å². The summed E-state index contributed by atoms with van der Waals surface area (Å²) in [6.07, 6.45) is 2.32. The van der Waals surface area contributed by atoms with Crippen LogP contribution < -0.4 is 0 Å². The van der Waals surface area contributed by atoms with Gasteiger partial charge in [0.05, 0.1) is 6.61 Å². The normalized spacial score (nSPS) is 11.2. The Labute approximate surface area is 71.2 Å². The Hall–Kier alpha value is -1.41.